The van der Waals surface area contributed by atoms with Gasteiger partial charge in [-0.25, -0.2) is 9.37 Å². The van der Waals surface area contributed by atoms with Crippen LogP contribution in [0.1, 0.15) is 19.8 Å². The maximum Gasteiger partial charge on any atom is 0.228 e. The number of halogens is 3. The minimum atomic E-state index is -0.456. The van der Waals surface area contributed by atoms with E-state index in [-0.39, 0.29) is 5.02 Å². The Morgan fingerprint density at radius 3 is 2.67 bits per heavy atom. The van der Waals surface area contributed by atoms with Gasteiger partial charge >= 0.3 is 0 Å². The highest BCUT2D eigenvalue weighted by Gasteiger charge is 2.28. The molecule has 0 bridgehead atoms. The number of aromatic nitrogens is 4. The first-order chi connectivity index (χ1) is 15.9. The number of rotatable bonds is 4. The van der Waals surface area contributed by atoms with Gasteiger partial charge in [0.1, 0.15) is 11.6 Å². The average Bonchev–Trinajstić information content (AvgIpc) is 3.43. The molecule has 4 heterocycles. The van der Waals surface area contributed by atoms with Gasteiger partial charge in [0.25, 0.3) is 0 Å². The quantitative estimate of drug-likeness (QED) is 0.478. The first-order valence-electron chi connectivity index (χ1n) is 10.7. The minimum Gasteiger partial charge on any atom is -0.346 e. The van der Waals surface area contributed by atoms with Crippen molar-refractivity contribution in [3.63, 3.8) is 0 Å². The number of hydrogen-bond donors (Lipinski definition) is 0. The molecular weight excluding hydrogens is 484 g/mol. The van der Waals surface area contributed by atoms with E-state index in [1.165, 1.54) is 17.6 Å². The predicted molar refractivity (Wildman–Crippen MR) is 132 cm³/mol. The van der Waals surface area contributed by atoms with Crippen molar-refractivity contribution in [3.05, 3.63) is 51.7 Å². The van der Waals surface area contributed by atoms with Crippen molar-refractivity contribution in [1.29, 1.82) is 0 Å². The molecule has 172 valence electrons. The maximum atomic E-state index is 13.8. The fourth-order valence-electron chi connectivity index (χ4n) is 4.31. The van der Waals surface area contributed by atoms with Gasteiger partial charge < -0.3 is 14.7 Å². The molecule has 7 nitrogen and oxygen atoms in total. The summed E-state index contributed by atoms with van der Waals surface area (Å²) in [4.78, 5) is 16.1. The number of benzene rings is 1. The molecular formula is C22H22Cl2FN7S. The SMILES string of the molecule is C=C1CN(c2nnsc2Cl)CCN1c1cc(-c2ccc(F)c(Cl)c2)nc(N2CCCC2C)n1. The van der Waals surface area contributed by atoms with Crippen LogP contribution in [0.15, 0.2) is 36.5 Å². The molecule has 2 aromatic heterocycles. The summed E-state index contributed by atoms with van der Waals surface area (Å²) in [5.41, 5.74) is 2.30. The van der Waals surface area contributed by atoms with Crippen LogP contribution in [0, 0.1) is 5.82 Å². The molecule has 2 aliphatic heterocycles. The van der Waals surface area contributed by atoms with E-state index in [2.05, 4.69) is 37.8 Å². The second-order valence-corrected chi connectivity index (χ2v) is 10.00. The van der Waals surface area contributed by atoms with Crippen molar-refractivity contribution in [1.82, 2.24) is 19.6 Å². The molecule has 2 fully saturated rings. The lowest BCUT2D eigenvalue weighted by molar-refractivity contribution is 0.628. The fraction of sp³-hybridized carbons (Fsp3) is 0.364. The van der Waals surface area contributed by atoms with Crippen molar-refractivity contribution in [2.45, 2.75) is 25.8 Å². The summed E-state index contributed by atoms with van der Waals surface area (Å²) in [5, 5.41) is 4.21. The summed E-state index contributed by atoms with van der Waals surface area (Å²) in [6.07, 6.45) is 2.19. The smallest absolute Gasteiger partial charge is 0.228 e. The Kier molecular flexibility index (Phi) is 6.11. The molecule has 0 spiro atoms. The van der Waals surface area contributed by atoms with Crippen LogP contribution in [0.4, 0.5) is 22.0 Å². The van der Waals surface area contributed by atoms with E-state index in [1.54, 1.807) is 12.1 Å². The normalized spacial score (nSPS) is 19.0. The molecule has 1 unspecified atom stereocenters. The molecule has 1 aromatic carbocycles. The van der Waals surface area contributed by atoms with Crippen LogP contribution in [0.5, 0.6) is 0 Å². The highest BCUT2D eigenvalue weighted by Crippen LogP contribution is 2.33. The summed E-state index contributed by atoms with van der Waals surface area (Å²) in [6.45, 7) is 9.27. The molecule has 0 amide bonds. The van der Waals surface area contributed by atoms with Crippen molar-refractivity contribution in [2.24, 2.45) is 0 Å². The Morgan fingerprint density at radius 1 is 1.15 bits per heavy atom. The van der Waals surface area contributed by atoms with E-state index in [4.69, 9.17) is 33.2 Å². The minimum absolute atomic E-state index is 0.0653. The summed E-state index contributed by atoms with van der Waals surface area (Å²) in [6, 6.07) is 6.91. The van der Waals surface area contributed by atoms with Crippen LogP contribution in [-0.4, -0.2) is 51.8 Å². The van der Waals surface area contributed by atoms with Gasteiger partial charge in [0.05, 0.1) is 17.3 Å². The standard InChI is InChI=1S/C22H22Cl2FN7S/c1-13-4-3-7-32(13)22-26-18(15-5-6-17(25)16(23)10-15)11-19(27-22)31-9-8-30(12-14(31)2)21-20(24)33-29-28-21/h5-6,10-11,13H,2-4,7-9,12H2,1H3. The maximum absolute atomic E-state index is 13.8. The highest BCUT2D eigenvalue weighted by molar-refractivity contribution is 7.11. The molecule has 1 atom stereocenters. The van der Waals surface area contributed by atoms with Crippen LogP contribution in [-0.2, 0) is 0 Å². The third kappa shape index (κ3) is 4.37. The topological polar surface area (TPSA) is 61.3 Å². The summed E-state index contributed by atoms with van der Waals surface area (Å²) in [7, 11) is 0. The zero-order valence-electron chi connectivity index (χ0n) is 18.0. The van der Waals surface area contributed by atoms with E-state index in [0.29, 0.717) is 47.5 Å². The van der Waals surface area contributed by atoms with E-state index in [9.17, 15) is 4.39 Å². The first-order valence-corrected chi connectivity index (χ1v) is 12.2. The lowest BCUT2D eigenvalue weighted by Gasteiger charge is -2.37. The summed E-state index contributed by atoms with van der Waals surface area (Å²) in [5.74, 6) is 1.64. The van der Waals surface area contributed by atoms with E-state index in [0.717, 1.165) is 36.5 Å². The van der Waals surface area contributed by atoms with Gasteiger partial charge in [0.15, 0.2) is 10.2 Å². The highest BCUT2D eigenvalue weighted by atomic mass is 35.5. The Morgan fingerprint density at radius 2 is 2.00 bits per heavy atom. The van der Waals surface area contributed by atoms with Gasteiger partial charge in [-0.15, -0.1) is 5.10 Å². The average molecular weight is 506 g/mol. The van der Waals surface area contributed by atoms with Crippen LogP contribution in [0.25, 0.3) is 11.3 Å². The monoisotopic (exact) mass is 505 g/mol. The van der Waals surface area contributed by atoms with Gasteiger partial charge in [-0.05, 0) is 38.0 Å². The van der Waals surface area contributed by atoms with E-state index in [1.807, 2.05) is 6.07 Å². The lowest BCUT2D eigenvalue weighted by atomic mass is 10.1. The largest absolute Gasteiger partial charge is 0.346 e. The van der Waals surface area contributed by atoms with Gasteiger partial charge in [-0.1, -0.05) is 34.3 Å². The molecule has 11 heteroatoms. The Bertz CT molecular complexity index is 1200. The molecule has 5 rings (SSSR count). The van der Waals surface area contributed by atoms with Crippen molar-refractivity contribution >= 4 is 52.3 Å². The van der Waals surface area contributed by atoms with Crippen LogP contribution >= 0.6 is 34.7 Å². The van der Waals surface area contributed by atoms with Gasteiger partial charge in [-0.3, -0.25) is 0 Å². The number of nitrogens with zero attached hydrogens (tertiary/aromatic N) is 7. The molecule has 2 saturated heterocycles. The fourth-order valence-corrected chi connectivity index (χ4v) is 5.18. The lowest BCUT2D eigenvalue weighted by Crippen LogP contribution is -2.45. The Labute approximate surface area is 205 Å². The molecule has 0 saturated carbocycles. The third-order valence-electron chi connectivity index (χ3n) is 6.08. The van der Waals surface area contributed by atoms with Crippen molar-refractivity contribution in [3.8, 4) is 11.3 Å². The van der Waals surface area contributed by atoms with E-state index < -0.39 is 5.82 Å². The van der Waals surface area contributed by atoms with E-state index >= 15 is 0 Å². The molecule has 33 heavy (non-hydrogen) atoms. The Hall–Kier alpha value is -2.49. The predicted octanol–water partition coefficient (Wildman–Crippen LogP) is 5.27. The second-order valence-electron chi connectivity index (χ2n) is 8.23. The van der Waals surface area contributed by atoms with Crippen molar-refractivity contribution in [2.75, 3.05) is 40.9 Å². The summed E-state index contributed by atoms with van der Waals surface area (Å²) >= 11 is 13.5. The third-order valence-corrected chi connectivity index (χ3v) is 7.25. The molecule has 0 radical (unpaired) electrons. The molecule has 2 aliphatic rings. The Balaban J connectivity index is 1.50. The van der Waals surface area contributed by atoms with Crippen LogP contribution in [0.3, 0.4) is 0 Å². The number of anilines is 3. The zero-order valence-corrected chi connectivity index (χ0v) is 20.3. The van der Waals surface area contributed by atoms with Crippen molar-refractivity contribution < 1.29 is 4.39 Å². The van der Waals surface area contributed by atoms with Crippen LogP contribution in [0.2, 0.25) is 9.36 Å². The zero-order chi connectivity index (χ0) is 23.1. The van der Waals surface area contributed by atoms with Gasteiger partial charge in [0, 0.05) is 54.5 Å². The molecule has 0 aliphatic carbocycles. The first kappa shape index (κ1) is 22.3. The molecule has 3 aromatic rings. The second kappa shape index (κ2) is 9.04. The summed E-state index contributed by atoms with van der Waals surface area (Å²) < 4.78 is 18.3. The number of hydrogen-bond acceptors (Lipinski definition) is 8. The van der Waals surface area contributed by atoms with Crippen LogP contribution < -0.4 is 14.7 Å². The number of piperazine rings is 1. The molecule has 0 N–H and O–H groups in total. The van der Waals surface area contributed by atoms with Gasteiger partial charge in [0.2, 0.25) is 5.95 Å². The van der Waals surface area contributed by atoms with Gasteiger partial charge in [-0.2, -0.15) is 4.98 Å².